The first kappa shape index (κ1) is 61.6. The number of hydrogen-bond acceptors (Lipinski definition) is 15. The maximum atomic E-state index is 14.4. The Morgan fingerprint density at radius 3 is 2.22 bits per heavy atom. The van der Waals surface area contributed by atoms with Crippen LogP contribution in [0.15, 0.2) is 60.7 Å². The van der Waals surface area contributed by atoms with Crippen LogP contribution >= 0.6 is 0 Å². The van der Waals surface area contributed by atoms with Gasteiger partial charge < -0.3 is 58.6 Å². The zero-order chi connectivity index (χ0) is 54.8. The molecule has 18 heteroatoms. The van der Waals surface area contributed by atoms with Crippen LogP contribution < -0.4 is 40.0 Å². The molecular formula is C58H82N3NaO14. The van der Waals surface area contributed by atoms with E-state index in [0.717, 1.165) is 6.42 Å². The van der Waals surface area contributed by atoms with Gasteiger partial charge in [0, 0.05) is 53.1 Å². The Balaban J connectivity index is 0.000000338. The van der Waals surface area contributed by atoms with Crippen molar-refractivity contribution in [3.05, 3.63) is 71.8 Å². The fraction of sp³-hybridized carbons (Fsp3) is 0.672. The third kappa shape index (κ3) is 12.7. The number of Topliss-reactive ketones (excluding diaryl/α,β-unsaturated/α-hetero) is 1. The minimum absolute atomic E-state index is 0. The predicted octanol–water partition coefficient (Wildman–Crippen LogP) is 4.83. The molecule has 2 spiro atoms. The number of amides is 1. The normalized spacial score (nSPS) is 35.2. The summed E-state index contributed by atoms with van der Waals surface area (Å²) in [6.45, 7) is 19.5. The molecule has 4 saturated heterocycles. The van der Waals surface area contributed by atoms with Gasteiger partial charge in [0.1, 0.15) is 11.9 Å². The second kappa shape index (κ2) is 25.2. The van der Waals surface area contributed by atoms with E-state index in [4.69, 9.17) is 23.7 Å². The number of rotatable bonds is 15. The van der Waals surface area contributed by atoms with Crippen LogP contribution in [0.5, 0.6) is 0 Å². The van der Waals surface area contributed by atoms with E-state index < -0.39 is 89.0 Å². The van der Waals surface area contributed by atoms with E-state index >= 15 is 0 Å². The van der Waals surface area contributed by atoms with Gasteiger partial charge in [-0.05, 0) is 114 Å². The number of hydrogen-bond donors (Lipinski definition) is 5. The van der Waals surface area contributed by atoms with Crippen molar-refractivity contribution in [1.29, 1.82) is 0 Å². The number of fused-ring (bicyclic) bond motifs is 1. The maximum absolute atomic E-state index is 14.4. The molecule has 18 unspecified atom stereocenters. The molecule has 5 aliphatic heterocycles. The summed E-state index contributed by atoms with van der Waals surface area (Å²) in [7, 11) is 1.27. The van der Waals surface area contributed by atoms with E-state index in [1.807, 2.05) is 59.7 Å². The van der Waals surface area contributed by atoms with Gasteiger partial charge in [0.2, 0.25) is 11.7 Å². The number of nitrogens with one attached hydrogen (secondary N) is 2. The summed E-state index contributed by atoms with van der Waals surface area (Å²) < 4.78 is 37.9. The van der Waals surface area contributed by atoms with E-state index in [0.29, 0.717) is 79.9 Å². The minimum Gasteiger partial charge on any atom is -0.550 e. The second-order valence-corrected chi connectivity index (χ2v) is 22.5. The van der Waals surface area contributed by atoms with Crippen LogP contribution in [0, 0.1) is 41.4 Å². The second-order valence-electron chi connectivity index (χ2n) is 22.5. The molecule has 76 heavy (non-hydrogen) atoms. The number of ether oxygens (including phenoxy) is 6. The van der Waals surface area contributed by atoms with Crippen LogP contribution in [-0.4, -0.2) is 122 Å². The first-order valence-electron chi connectivity index (χ1n) is 27.3. The molecule has 1 aromatic heterocycles. The summed E-state index contributed by atoms with van der Waals surface area (Å²) >= 11 is 0. The van der Waals surface area contributed by atoms with E-state index in [1.54, 1.807) is 49.4 Å². The molecule has 3 aromatic rings. The SMILES string of the molecule is CCC(C(=O)[O-])C1CCC(C)C(C(C)C(O)C(C)C(=O)C(CC)C2OC3(C=CC(O)C4(CCC(C)(C5CCC(O)(CC)C(C)O5)O4)O3)C(C)CC2C)O1.COC(=O)Nc1nc2ccc(C(=O)c3ccccc3)cc2[nH]1.[Na+]. The molecule has 0 bridgehead atoms. The number of aliphatic hydroxyl groups is 3. The number of anilines is 1. The topological polar surface area (TPSA) is 248 Å². The van der Waals surface area contributed by atoms with Crippen molar-refractivity contribution in [2.24, 2.45) is 41.4 Å². The summed E-state index contributed by atoms with van der Waals surface area (Å²) in [6, 6.07) is 14.2. The molecule has 0 radical (unpaired) electrons. The Kier molecular flexibility index (Phi) is 20.5. The minimum atomic E-state index is -1.37. The summed E-state index contributed by atoms with van der Waals surface area (Å²) in [6.07, 6.45) is 4.61. The molecule has 5 N–H and O–H groups in total. The van der Waals surface area contributed by atoms with Gasteiger partial charge in [-0.2, -0.15) is 0 Å². The number of benzene rings is 2. The summed E-state index contributed by atoms with van der Waals surface area (Å²) in [5.41, 5.74) is 0.841. The largest absolute Gasteiger partial charge is 1.00 e. The molecule has 17 nitrogen and oxygen atoms in total. The van der Waals surface area contributed by atoms with Crippen molar-refractivity contribution < 1.29 is 97.6 Å². The molecule has 2 aromatic carbocycles. The van der Waals surface area contributed by atoms with Gasteiger partial charge in [-0.3, -0.25) is 14.9 Å². The van der Waals surface area contributed by atoms with Crippen molar-refractivity contribution in [2.75, 3.05) is 12.4 Å². The van der Waals surface area contributed by atoms with Crippen molar-refractivity contribution in [2.45, 2.75) is 199 Å². The average Bonchev–Trinajstić information content (AvgIpc) is 3.97. The Labute approximate surface area is 470 Å². The van der Waals surface area contributed by atoms with E-state index in [1.165, 1.54) is 7.11 Å². The number of aliphatic hydroxyl groups excluding tert-OH is 2. The van der Waals surface area contributed by atoms with Crippen molar-refractivity contribution in [3.8, 4) is 0 Å². The summed E-state index contributed by atoms with van der Waals surface area (Å²) in [5.74, 6) is -6.04. The fourth-order valence-electron chi connectivity index (χ4n) is 12.6. The van der Waals surface area contributed by atoms with Crippen molar-refractivity contribution in [3.63, 3.8) is 0 Å². The monoisotopic (exact) mass is 1070 g/mol. The number of ketones is 2. The molecule has 4 fully saturated rings. The quantitative estimate of drug-likeness (QED) is 0.0777. The van der Waals surface area contributed by atoms with Crippen LogP contribution in [-0.2, 0) is 38.0 Å². The van der Waals surface area contributed by atoms with Crippen LogP contribution in [0.25, 0.3) is 11.0 Å². The molecule has 0 aliphatic carbocycles. The van der Waals surface area contributed by atoms with Gasteiger partial charge in [-0.25, -0.2) is 9.78 Å². The molecule has 8 rings (SSSR count). The maximum Gasteiger partial charge on any atom is 1.00 e. The van der Waals surface area contributed by atoms with Crippen LogP contribution in [0.3, 0.4) is 0 Å². The fourth-order valence-corrected chi connectivity index (χ4v) is 12.6. The number of aliphatic carboxylic acids is 1. The Morgan fingerprint density at radius 2 is 1.59 bits per heavy atom. The van der Waals surface area contributed by atoms with Gasteiger partial charge in [0.05, 0.1) is 66.0 Å². The number of aromatic nitrogens is 2. The Morgan fingerprint density at radius 1 is 0.895 bits per heavy atom. The van der Waals surface area contributed by atoms with E-state index in [-0.39, 0.29) is 77.0 Å². The summed E-state index contributed by atoms with van der Waals surface area (Å²) in [5, 5.41) is 48.4. The third-order valence-corrected chi connectivity index (χ3v) is 17.6. The first-order valence-corrected chi connectivity index (χ1v) is 27.3. The smallest absolute Gasteiger partial charge is 0.550 e. The number of carboxylic acids is 1. The number of imidazole rings is 1. The number of carboxylic acid groups (broad SMARTS) is 1. The first-order chi connectivity index (χ1) is 35.5. The molecule has 6 heterocycles. The van der Waals surface area contributed by atoms with Gasteiger partial charge in [-0.1, -0.05) is 85.7 Å². The van der Waals surface area contributed by atoms with Crippen LogP contribution in [0.4, 0.5) is 10.7 Å². The number of aromatic amines is 1. The number of H-pyrrole nitrogens is 1. The number of methoxy groups -OCH3 is 1. The van der Waals surface area contributed by atoms with Crippen LogP contribution in [0.2, 0.25) is 0 Å². The molecule has 0 saturated carbocycles. The molecular weight excluding hydrogens is 986 g/mol. The van der Waals surface area contributed by atoms with E-state index in [9.17, 15) is 39.6 Å². The van der Waals surface area contributed by atoms with Crippen LogP contribution in [0.1, 0.15) is 149 Å². The third-order valence-electron chi connectivity index (χ3n) is 17.6. The molecule has 414 valence electrons. The standard InChI is InChI=1S/C42H70O11.C16H13N3O3.Na/c1-11-29(38(46)47)31-15-14-23(4)36(50-31)27(8)34(44)26(7)35(45)30(12-2)37-24(5)22-25(6)41(51-37)19-16-32(43)42(53-41)21-20-39(10,52-42)33-17-18-40(48,13-3)28(9)49-33;1-22-16(21)19-15-17-12-8-7-11(9-13(12)18-15)14(20)10-5-3-2-4-6-10;/h16,19,23-34,36-37,43-44,48H,11-15,17-18,20-22H2,1-10H3,(H,46,47);2-9H,1H3,(H2,17,18,19,21);/q;;+1/p-1. The number of nitrogens with zero attached hydrogens (tertiary/aromatic N) is 1. The van der Waals surface area contributed by atoms with Gasteiger partial charge in [0.25, 0.3) is 0 Å². The average molecular weight is 1070 g/mol. The number of carbonyl (C=O) groups is 4. The summed E-state index contributed by atoms with van der Waals surface area (Å²) in [4.78, 5) is 56.9. The number of carbonyl (C=O) groups excluding carboxylic acids is 4. The molecule has 1 amide bonds. The van der Waals surface area contributed by atoms with E-state index in [2.05, 4.69) is 40.8 Å². The molecule has 18 atom stereocenters. The Hall–Kier alpha value is -3.59. The van der Waals surface area contributed by atoms with Gasteiger partial charge >= 0.3 is 35.7 Å². The van der Waals surface area contributed by atoms with Gasteiger partial charge in [-0.15, -0.1) is 0 Å². The zero-order valence-corrected chi connectivity index (χ0v) is 48.7. The van der Waals surface area contributed by atoms with Gasteiger partial charge in [0.15, 0.2) is 11.6 Å². The predicted molar refractivity (Wildman–Crippen MR) is 278 cm³/mol. The Bertz CT molecular complexity index is 2510. The van der Waals surface area contributed by atoms with Crippen molar-refractivity contribution in [1.82, 2.24) is 9.97 Å². The zero-order valence-electron chi connectivity index (χ0n) is 46.7. The molecule has 5 aliphatic rings. The van der Waals surface area contributed by atoms with Crippen molar-refractivity contribution >= 4 is 40.6 Å².